The highest BCUT2D eigenvalue weighted by Crippen LogP contribution is 2.25. The molecule has 0 radical (unpaired) electrons. The molecule has 0 spiro atoms. The molecule has 24 heavy (non-hydrogen) atoms. The van der Waals surface area contributed by atoms with E-state index in [2.05, 4.69) is 21.7 Å². The van der Waals surface area contributed by atoms with Gasteiger partial charge in [0.25, 0.3) is 0 Å². The molecule has 3 heterocycles. The third-order valence-corrected chi connectivity index (χ3v) is 4.67. The van der Waals surface area contributed by atoms with Crippen LogP contribution in [0.25, 0.3) is 16.6 Å². The van der Waals surface area contributed by atoms with Crippen LogP contribution >= 0.6 is 0 Å². The average molecular weight is 324 g/mol. The van der Waals surface area contributed by atoms with Crippen LogP contribution in [0, 0.1) is 0 Å². The maximum absolute atomic E-state index is 11.2. The van der Waals surface area contributed by atoms with Crippen molar-refractivity contribution in [1.29, 1.82) is 0 Å². The molecule has 1 aliphatic heterocycles. The van der Waals surface area contributed by atoms with Crippen molar-refractivity contribution in [2.75, 3.05) is 25.5 Å². The molecule has 124 valence electrons. The number of rotatable bonds is 3. The average Bonchev–Trinajstić information content (AvgIpc) is 3.04. The fourth-order valence-electron chi connectivity index (χ4n) is 3.50. The first kappa shape index (κ1) is 15.0. The molecule has 2 aromatic heterocycles. The number of fused-ring (bicyclic) bond motifs is 3. The number of carbonyl (C=O) groups is 1. The zero-order valence-electron chi connectivity index (χ0n) is 13.6. The third kappa shape index (κ3) is 2.59. The fourth-order valence-corrected chi connectivity index (χ4v) is 3.50. The van der Waals surface area contributed by atoms with E-state index in [1.54, 1.807) is 12.1 Å². The number of carboxylic acid groups (broad SMARTS) is 1. The van der Waals surface area contributed by atoms with Crippen LogP contribution in [-0.2, 0) is 0 Å². The molecule has 2 N–H and O–H groups in total. The summed E-state index contributed by atoms with van der Waals surface area (Å²) in [5.74, 6) is -0.120. The van der Waals surface area contributed by atoms with Crippen LogP contribution in [0.2, 0.25) is 0 Å². The first-order valence-corrected chi connectivity index (χ1v) is 8.21. The van der Waals surface area contributed by atoms with Gasteiger partial charge in [-0.2, -0.15) is 0 Å². The second-order valence-electron chi connectivity index (χ2n) is 6.48. The van der Waals surface area contributed by atoms with E-state index in [1.807, 2.05) is 24.4 Å². The predicted molar refractivity (Wildman–Crippen MR) is 93.8 cm³/mol. The van der Waals surface area contributed by atoms with Crippen molar-refractivity contribution in [3.05, 3.63) is 42.1 Å². The van der Waals surface area contributed by atoms with Crippen molar-refractivity contribution in [3.63, 3.8) is 0 Å². The van der Waals surface area contributed by atoms with E-state index in [9.17, 15) is 9.90 Å². The summed E-state index contributed by atoms with van der Waals surface area (Å²) >= 11 is 0. The van der Waals surface area contributed by atoms with Crippen LogP contribution < -0.4 is 5.32 Å². The summed E-state index contributed by atoms with van der Waals surface area (Å²) < 4.78 is 2.06. The number of nitrogens with one attached hydrogen (secondary N) is 1. The lowest BCUT2D eigenvalue weighted by atomic mass is 10.1. The van der Waals surface area contributed by atoms with Gasteiger partial charge in [-0.1, -0.05) is 0 Å². The minimum absolute atomic E-state index is 0.254. The Hall–Kier alpha value is -2.60. The van der Waals surface area contributed by atoms with Gasteiger partial charge in [-0.25, -0.2) is 9.78 Å². The Kier molecular flexibility index (Phi) is 3.61. The Balaban J connectivity index is 1.80. The number of piperidine rings is 1. The highest BCUT2D eigenvalue weighted by molar-refractivity contribution is 5.94. The number of benzene rings is 1. The van der Waals surface area contributed by atoms with Gasteiger partial charge in [-0.3, -0.25) is 0 Å². The van der Waals surface area contributed by atoms with Crippen molar-refractivity contribution >= 4 is 28.3 Å². The number of hydrogen-bond acceptors (Lipinski definition) is 4. The maximum atomic E-state index is 11.2. The van der Waals surface area contributed by atoms with E-state index in [0.717, 1.165) is 36.4 Å². The summed E-state index contributed by atoms with van der Waals surface area (Å²) in [6.07, 6.45) is 4.27. The van der Waals surface area contributed by atoms with Gasteiger partial charge in [0, 0.05) is 18.8 Å². The molecular formula is C18H20N4O2. The van der Waals surface area contributed by atoms with E-state index in [0.29, 0.717) is 11.6 Å². The Morgan fingerprint density at radius 3 is 3.00 bits per heavy atom. The van der Waals surface area contributed by atoms with Crippen LogP contribution in [0.3, 0.4) is 0 Å². The monoisotopic (exact) mass is 324 g/mol. The third-order valence-electron chi connectivity index (χ3n) is 4.67. The van der Waals surface area contributed by atoms with Gasteiger partial charge in [0.05, 0.1) is 22.1 Å². The summed E-state index contributed by atoms with van der Waals surface area (Å²) in [5, 5.41) is 12.8. The zero-order valence-corrected chi connectivity index (χ0v) is 13.6. The molecule has 0 amide bonds. The summed E-state index contributed by atoms with van der Waals surface area (Å²) in [7, 11) is 2.13. The highest BCUT2D eigenvalue weighted by Gasteiger charge is 2.19. The van der Waals surface area contributed by atoms with Gasteiger partial charge in [-0.15, -0.1) is 0 Å². The van der Waals surface area contributed by atoms with Crippen LogP contribution in [0.1, 0.15) is 23.2 Å². The SMILES string of the molecule is CN1CCCC(Nc2nc3cc(C(=O)O)ccc3n3cccc23)C1. The lowest BCUT2D eigenvalue weighted by molar-refractivity contribution is 0.0697. The summed E-state index contributed by atoms with van der Waals surface area (Å²) in [6.45, 7) is 2.12. The number of aromatic nitrogens is 2. The number of hydrogen-bond donors (Lipinski definition) is 2. The fraction of sp³-hybridized carbons (Fsp3) is 0.333. The smallest absolute Gasteiger partial charge is 0.335 e. The number of aromatic carboxylic acids is 1. The molecular weight excluding hydrogens is 304 g/mol. The summed E-state index contributed by atoms with van der Waals surface area (Å²) in [5.41, 5.74) is 2.86. The molecule has 0 saturated carbocycles. The van der Waals surface area contributed by atoms with E-state index >= 15 is 0 Å². The summed E-state index contributed by atoms with van der Waals surface area (Å²) in [6, 6.07) is 9.45. The highest BCUT2D eigenvalue weighted by atomic mass is 16.4. The van der Waals surface area contributed by atoms with E-state index in [-0.39, 0.29) is 5.56 Å². The Morgan fingerprint density at radius 2 is 2.21 bits per heavy atom. The molecule has 3 aromatic rings. The molecule has 1 fully saturated rings. The van der Waals surface area contributed by atoms with Gasteiger partial charge in [0.15, 0.2) is 5.82 Å². The number of likely N-dealkylation sites (tertiary alicyclic amines) is 1. The van der Waals surface area contributed by atoms with Crippen molar-refractivity contribution in [2.45, 2.75) is 18.9 Å². The predicted octanol–water partition coefficient (Wildman–Crippen LogP) is 2.69. The number of carboxylic acids is 1. The van der Waals surface area contributed by atoms with Crippen molar-refractivity contribution in [1.82, 2.24) is 14.3 Å². The molecule has 0 aliphatic carbocycles. The molecule has 0 bridgehead atoms. The molecule has 1 saturated heterocycles. The van der Waals surface area contributed by atoms with E-state index in [1.165, 1.54) is 6.42 Å². The van der Waals surface area contributed by atoms with E-state index < -0.39 is 5.97 Å². The van der Waals surface area contributed by atoms with Crippen molar-refractivity contribution in [2.24, 2.45) is 0 Å². The quantitative estimate of drug-likeness (QED) is 0.775. The molecule has 1 aromatic carbocycles. The second kappa shape index (κ2) is 5.79. The maximum Gasteiger partial charge on any atom is 0.335 e. The van der Waals surface area contributed by atoms with Crippen LogP contribution in [0.5, 0.6) is 0 Å². The van der Waals surface area contributed by atoms with E-state index in [4.69, 9.17) is 4.98 Å². The lowest BCUT2D eigenvalue weighted by Gasteiger charge is -2.30. The van der Waals surface area contributed by atoms with Crippen LogP contribution in [-0.4, -0.2) is 51.5 Å². The molecule has 6 nitrogen and oxygen atoms in total. The Labute approximate surface area is 139 Å². The molecule has 1 aliphatic rings. The van der Waals surface area contributed by atoms with Gasteiger partial charge in [-0.05, 0) is 56.8 Å². The minimum atomic E-state index is -0.935. The topological polar surface area (TPSA) is 69.9 Å². The van der Waals surface area contributed by atoms with Gasteiger partial charge < -0.3 is 19.7 Å². The lowest BCUT2D eigenvalue weighted by Crippen LogP contribution is -2.40. The van der Waals surface area contributed by atoms with Crippen LogP contribution in [0.4, 0.5) is 5.82 Å². The first-order chi connectivity index (χ1) is 11.6. The number of likely N-dealkylation sites (N-methyl/N-ethyl adjacent to an activating group) is 1. The summed E-state index contributed by atoms with van der Waals surface area (Å²) in [4.78, 5) is 18.3. The largest absolute Gasteiger partial charge is 0.478 e. The first-order valence-electron chi connectivity index (χ1n) is 8.21. The Morgan fingerprint density at radius 1 is 1.33 bits per heavy atom. The number of anilines is 1. The van der Waals surface area contributed by atoms with Crippen molar-refractivity contribution in [3.8, 4) is 0 Å². The van der Waals surface area contributed by atoms with Gasteiger partial charge in [0.2, 0.25) is 0 Å². The standard InChI is InChI=1S/C18H20N4O2/c1-21-8-2-4-13(11-21)19-17-16-5-3-9-22(16)15-7-6-12(18(23)24)10-14(15)20-17/h3,5-7,9-10,13H,2,4,8,11H2,1H3,(H,19,20)(H,23,24). The van der Waals surface area contributed by atoms with Crippen molar-refractivity contribution < 1.29 is 9.90 Å². The second-order valence-corrected chi connectivity index (χ2v) is 6.48. The van der Waals surface area contributed by atoms with Gasteiger partial charge in [0.1, 0.15) is 0 Å². The zero-order chi connectivity index (χ0) is 16.7. The normalized spacial score (nSPS) is 19.0. The number of nitrogens with zero attached hydrogens (tertiary/aromatic N) is 3. The van der Waals surface area contributed by atoms with Crippen LogP contribution in [0.15, 0.2) is 36.5 Å². The molecule has 4 rings (SSSR count). The molecule has 6 heteroatoms. The minimum Gasteiger partial charge on any atom is -0.478 e. The molecule has 1 atom stereocenters. The Bertz CT molecular complexity index is 918. The molecule has 1 unspecified atom stereocenters. The van der Waals surface area contributed by atoms with Gasteiger partial charge >= 0.3 is 5.97 Å².